The molecule has 2 N–H and O–H groups in total. The van der Waals surface area contributed by atoms with Gasteiger partial charge in [0, 0.05) is 25.3 Å². The second kappa shape index (κ2) is 5.33. The Bertz CT molecular complexity index is 870. The third-order valence-electron chi connectivity index (χ3n) is 6.08. The Morgan fingerprint density at radius 3 is 2.88 bits per heavy atom. The number of piperidine rings is 1. The molecule has 0 saturated carbocycles. The quantitative estimate of drug-likeness (QED) is 0.868. The molecule has 2 aromatic rings. The van der Waals surface area contributed by atoms with Crippen molar-refractivity contribution in [1.82, 2.24) is 9.97 Å². The van der Waals surface area contributed by atoms with Gasteiger partial charge in [0.05, 0.1) is 18.4 Å². The van der Waals surface area contributed by atoms with Crippen LogP contribution in [0.1, 0.15) is 41.4 Å². The maximum absolute atomic E-state index is 14.2. The summed E-state index contributed by atoms with van der Waals surface area (Å²) in [5.41, 5.74) is 10.2. The Kier molecular flexibility index (Phi) is 3.19. The fourth-order valence-electron chi connectivity index (χ4n) is 4.54. The number of benzene rings is 1. The third kappa shape index (κ3) is 2.20. The molecular formula is C19H20FN5. The van der Waals surface area contributed by atoms with E-state index in [4.69, 9.17) is 10.7 Å². The van der Waals surface area contributed by atoms with Gasteiger partial charge in [-0.15, -0.1) is 0 Å². The van der Waals surface area contributed by atoms with Crippen molar-refractivity contribution in [3.8, 4) is 0 Å². The van der Waals surface area contributed by atoms with Gasteiger partial charge >= 0.3 is 0 Å². The van der Waals surface area contributed by atoms with Crippen molar-refractivity contribution >= 4 is 12.0 Å². The Hall–Kier alpha value is -2.34. The zero-order valence-corrected chi connectivity index (χ0v) is 14.0. The average molecular weight is 337 g/mol. The summed E-state index contributed by atoms with van der Waals surface area (Å²) in [5.74, 6) is 0.797. The van der Waals surface area contributed by atoms with Crippen molar-refractivity contribution < 1.29 is 4.39 Å². The Labute approximate surface area is 145 Å². The molecule has 3 heterocycles. The van der Waals surface area contributed by atoms with Crippen molar-refractivity contribution in [2.75, 3.05) is 18.0 Å². The molecule has 1 aromatic carbocycles. The first-order chi connectivity index (χ1) is 12.2. The van der Waals surface area contributed by atoms with E-state index in [-0.39, 0.29) is 17.3 Å². The molecule has 0 amide bonds. The van der Waals surface area contributed by atoms with Gasteiger partial charge in [0.1, 0.15) is 17.3 Å². The molecule has 1 fully saturated rings. The fraction of sp³-hybridized carbons (Fsp3) is 0.421. The van der Waals surface area contributed by atoms with E-state index in [1.54, 1.807) is 18.3 Å². The van der Waals surface area contributed by atoms with E-state index in [2.05, 4.69) is 14.9 Å². The molecule has 25 heavy (non-hydrogen) atoms. The van der Waals surface area contributed by atoms with E-state index in [9.17, 15) is 4.39 Å². The summed E-state index contributed by atoms with van der Waals surface area (Å²) in [6.45, 7) is 2.36. The van der Waals surface area contributed by atoms with Crippen molar-refractivity contribution in [2.24, 2.45) is 16.1 Å². The van der Waals surface area contributed by atoms with Gasteiger partial charge in [-0.3, -0.25) is 4.99 Å². The monoisotopic (exact) mass is 337 g/mol. The topological polar surface area (TPSA) is 67.4 Å². The summed E-state index contributed by atoms with van der Waals surface area (Å²) in [4.78, 5) is 15.6. The van der Waals surface area contributed by atoms with Crippen LogP contribution in [0.25, 0.3) is 0 Å². The number of nitrogens with two attached hydrogens (primary N) is 1. The molecule has 6 heteroatoms. The van der Waals surface area contributed by atoms with E-state index in [0.717, 1.165) is 60.7 Å². The molecule has 5 nitrogen and oxygen atoms in total. The molecule has 0 unspecified atom stereocenters. The molecule has 3 aliphatic rings. The summed E-state index contributed by atoms with van der Waals surface area (Å²) < 4.78 is 14.2. The van der Waals surface area contributed by atoms with Gasteiger partial charge in [-0.25, -0.2) is 14.4 Å². The zero-order valence-electron chi connectivity index (χ0n) is 14.0. The first-order valence-electron chi connectivity index (χ1n) is 8.80. The van der Waals surface area contributed by atoms with Crippen molar-refractivity contribution in [2.45, 2.75) is 31.8 Å². The Morgan fingerprint density at radius 2 is 2.08 bits per heavy atom. The highest BCUT2D eigenvalue weighted by atomic mass is 19.1. The summed E-state index contributed by atoms with van der Waals surface area (Å²) in [5, 5.41) is 0. The van der Waals surface area contributed by atoms with Crippen LogP contribution in [0, 0.1) is 11.2 Å². The van der Waals surface area contributed by atoms with E-state index in [0.29, 0.717) is 6.54 Å². The highest BCUT2D eigenvalue weighted by molar-refractivity contribution is 5.81. The molecule has 1 saturated heterocycles. The summed E-state index contributed by atoms with van der Waals surface area (Å²) >= 11 is 0. The zero-order chi connectivity index (χ0) is 17.0. The first kappa shape index (κ1) is 15.0. The molecule has 2 aliphatic heterocycles. The highest BCUT2D eigenvalue weighted by Gasteiger charge is 2.47. The molecular weight excluding hydrogens is 317 g/mol. The highest BCUT2D eigenvalue weighted by Crippen LogP contribution is 2.51. The molecule has 1 aliphatic carbocycles. The SMILES string of the molecule is N[C@H]1c2cccc(F)c2CC12CCN(c1cnc3c(n1)CN=C3)CC2. The largest absolute Gasteiger partial charge is 0.355 e. The van der Waals surface area contributed by atoms with E-state index in [1.165, 1.54) is 0 Å². The lowest BCUT2D eigenvalue weighted by Crippen LogP contribution is -2.44. The van der Waals surface area contributed by atoms with Crippen molar-refractivity contribution in [3.05, 3.63) is 52.7 Å². The molecule has 1 atom stereocenters. The number of nitrogens with zero attached hydrogens (tertiary/aromatic N) is 4. The van der Waals surface area contributed by atoms with Gasteiger partial charge in [0.2, 0.25) is 0 Å². The standard InChI is InChI=1S/C19H20FN5/c20-14-3-1-2-12-13(14)8-19(18(12)21)4-6-25(7-5-19)17-11-23-15-9-22-10-16(15)24-17/h1-3,9,11,18H,4-8,10,21H2/t18-/m0/s1. The lowest BCUT2D eigenvalue weighted by atomic mass is 9.73. The van der Waals surface area contributed by atoms with Crippen LogP contribution in [0.2, 0.25) is 0 Å². The van der Waals surface area contributed by atoms with E-state index >= 15 is 0 Å². The van der Waals surface area contributed by atoms with Crippen LogP contribution >= 0.6 is 0 Å². The van der Waals surface area contributed by atoms with Gasteiger partial charge in [0.25, 0.3) is 0 Å². The Morgan fingerprint density at radius 1 is 1.24 bits per heavy atom. The Balaban J connectivity index is 1.36. The van der Waals surface area contributed by atoms with Crippen molar-refractivity contribution in [1.29, 1.82) is 0 Å². The van der Waals surface area contributed by atoms with Crippen LogP contribution in [0.15, 0.2) is 29.4 Å². The van der Waals surface area contributed by atoms with Gasteiger partial charge in [-0.1, -0.05) is 12.1 Å². The third-order valence-corrected chi connectivity index (χ3v) is 6.08. The van der Waals surface area contributed by atoms with Crippen LogP contribution in [0.3, 0.4) is 0 Å². The molecule has 1 spiro atoms. The summed E-state index contributed by atoms with van der Waals surface area (Å²) in [6.07, 6.45) is 6.24. The predicted octanol–water partition coefficient (Wildman–Crippen LogP) is 2.39. The van der Waals surface area contributed by atoms with Gasteiger partial charge in [-0.05, 0) is 41.9 Å². The van der Waals surface area contributed by atoms with Gasteiger partial charge in [-0.2, -0.15) is 0 Å². The number of rotatable bonds is 1. The molecule has 0 radical (unpaired) electrons. The number of fused-ring (bicyclic) bond motifs is 2. The van der Waals surface area contributed by atoms with Crippen molar-refractivity contribution in [3.63, 3.8) is 0 Å². The number of aromatic nitrogens is 2. The second-order valence-electron chi connectivity index (χ2n) is 7.34. The normalized spacial score (nSPS) is 23.1. The van der Waals surface area contributed by atoms with Crippen LogP contribution < -0.4 is 10.6 Å². The first-order valence-corrected chi connectivity index (χ1v) is 8.80. The number of hydrogen-bond acceptors (Lipinski definition) is 5. The summed E-state index contributed by atoms with van der Waals surface area (Å²) in [6, 6.07) is 5.21. The number of halogens is 1. The lowest BCUT2D eigenvalue weighted by molar-refractivity contribution is 0.186. The minimum Gasteiger partial charge on any atom is -0.355 e. The van der Waals surface area contributed by atoms with E-state index < -0.39 is 0 Å². The average Bonchev–Trinajstić information content (AvgIpc) is 3.20. The van der Waals surface area contributed by atoms with Crippen LogP contribution in [-0.2, 0) is 13.0 Å². The molecule has 5 rings (SSSR count). The predicted molar refractivity (Wildman–Crippen MR) is 94.2 cm³/mol. The smallest absolute Gasteiger partial charge is 0.147 e. The summed E-state index contributed by atoms with van der Waals surface area (Å²) in [7, 11) is 0. The second-order valence-corrected chi connectivity index (χ2v) is 7.34. The minimum atomic E-state index is -0.114. The number of hydrogen-bond donors (Lipinski definition) is 1. The maximum Gasteiger partial charge on any atom is 0.147 e. The van der Waals surface area contributed by atoms with Gasteiger partial charge < -0.3 is 10.6 Å². The maximum atomic E-state index is 14.2. The molecule has 1 aromatic heterocycles. The number of aliphatic imine (C=N–C) groups is 1. The molecule has 128 valence electrons. The van der Waals surface area contributed by atoms with E-state index in [1.807, 2.05) is 12.3 Å². The van der Waals surface area contributed by atoms with Crippen LogP contribution in [-0.4, -0.2) is 29.3 Å². The minimum absolute atomic E-state index is 0.0334. The fourth-order valence-corrected chi connectivity index (χ4v) is 4.54. The van der Waals surface area contributed by atoms with Crippen LogP contribution in [0.5, 0.6) is 0 Å². The molecule has 0 bridgehead atoms. The van der Waals surface area contributed by atoms with Crippen LogP contribution in [0.4, 0.5) is 10.2 Å². The van der Waals surface area contributed by atoms with Gasteiger partial charge in [0.15, 0.2) is 0 Å². The number of anilines is 1. The lowest BCUT2D eigenvalue weighted by Gasteiger charge is -2.42.